The lowest BCUT2D eigenvalue weighted by Gasteiger charge is -2.22. The molecule has 2 rings (SSSR count). The second kappa shape index (κ2) is 5.67. The molecule has 1 aromatic carbocycles. The first kappa shape index (κ1) is 15.2. The third-order valence-corrected chi connectivity index (χ3v) is 5.55. The molecule has 1 aliphatic rings. The third-order valence-electron chi connectivity index (χ3n) is 3.16. The van der Waals surface area contributed by atoms with Gasteiger partial charge in [0, 0.05) is 6.54 Å². The molecule has 0 spiro atoms. The summed E-state index contributed by atoms with van der Waals surface area (Å²) in [6.07, 6.45) is 0.947. The number of carbonyl (C=O) groups excluding carboxylic acids is 1. The van der Waals surface area contributed by atoms with Crippen LogP contribution in [0.4, 0.5) is 4.39 Å². The van der Waals surface area contributed by atoms with E-state index in [1.807, 2.05) is 0 Å². The summed E-state index contributed by atoms with van der Waals surface area (Å²) >= 11 is 5.79. The van der Waals surface area contributed by atoms with E-state index in [1.54, 1.807) is 0 Å². The number of hydrogen-bond donors (Lipinski definition) is 0. The largest absolute Gasteiger partial charge is 0.468 e. The van der Waals surface area contributed by atoms with E-state index in [0.29, 0.717) is 12.8 Å². The minimum absolute atomic E-state index is 0.204. The molecule has 0 aliphatic carbocycles. The number of hydrogen-bond acceptors (Lipinski definition) is 4. The fourth-order valence-corrected chi connectivity index (χ4v) is 4.36. The number of benzene rings is 1. The first-order valence-electron chi connectivity index (χ1n) is 5.92. The van der Waals surface area contributed by atoms with Gasteiger partial charge in [-0.3, -0.25) is 4.79 Å². The summed E-state index contributed by atoms with van der Waals surface area (Å²) in [5.74, 6) is -1.23. The number of halogens is 2. The highest BCUT2D eigenvalue weighted by Crippen LogP contribution is 2.30. The van der Waals surface area contributed by atoms with Crippen molar-refractivity contribution in [2.45, 2.75) is 23.8 Å². The lowest BCUT2D eigenvalue weighted by atomic mass is 10.2. The summed E-state index contributed by atoms with van der Waals surface area (Å²) in [5.41, 5.74) is 0. The van der Waals surface area contributed by atoms with Gasteiger partial charge in [-0.2, -0.15) is 4.31 Å². The van der Waals surface area contributed by atoms with Gasteiger partial charge in [0.1, 0.15) is 16.8 Å². The van der Waals surface area contributed by atoms with Gasteiger partial charge in [-0.15, -0.1) is 0 Å². The van der Waals surface area contributed by atoms with Crippen LogP contribution >= 0.6 is 11.6 Å². The highest BCUT2D eigenvalue weighted by Gasteiger charge is 2.40. The van der Waals surface area contributed by atoms with Crippen LogP contribution in [0.1, 0.15) is 12.8 Å². The summed E-state index contributed by atoms with van der Waals surface area (Å²) in [6, 6.07) is 2.19. The monoisotopic (exact) mass is 321 g/mol. The molecule has 5 nitrogen and oxygen atoms in total. The van der Waals surface area contributed by atoms with E-state index in [-0.39, 0.29) is 16.5 Å². The first-order chi connectivity index (χ1) is 9.37. The highest BCUT2D eigenvalue weighted by molar-refractivity contribution is 7.89. The molecule has 0 aromatic heterocycles. The van der Waals surface area contributed by atoms with Gasteiger partial charge in [0.15, 0.2) is 0 Å². The Labute approximate surface area is 121 Å². The fourth-order valence-electron chi connectivity index (χ4n) is 2.21. The van der Waals surface area contributed by atoms with E-state index in [0.717, 1.165) is 22.5 Å². The van der Waals surface area contributed by atoms with Crippen LogP contribution in [0.15, 0.2) is 23.1 Å². The molecule has 0 amide bonds. The van der Waals surface area contributed by atoms with Gasteiger partial charge < -0.3 is 4.74 Å². The van der Waals surface area contributed by atoms with Crippen molar-refractivity contribution < 1.29 is 22.3 Å². The first-order valence-corrected chi connectivity index (χ1v) is 7.74. The van der Waals surface area contributed by atoms with Crippen molar-refractivity contribution in [1.29, 1.82) is 0 Å². The smallest absolute Gasteiger partial charge is 0.324 e. The van der Waals surface area contributed by atoms with Crippen LogP contribution in [0.3, 0.4) is 0 Å². The molecule has 8 heteroatoms. The van der Waals surface area contributed by atoms with Crippen LogP contribution in [-0.4, -0.2) is 38.4 Å². The van der Waals surface area contributed by atoms with Crippen LogP contribution < -0.4 is 0 Å². The molecule has 1 aromatic rings. The topological polar surface area (TPSA) is 63.7 Å². The molecule has 1 fully saturated rings. The van der Waals surface area contributed by atoms with E-state index in [2.05, 4.69) is 4.74 Å². The molecule has 1 heterocycles. The summed E-state index contributed by atoms with van der Waals surface area (Å²) < 4.78 is 43.7. The molecule has 0 bridgehead atoms. The van der Waals surface area contributed by atoms with Crippen LogP contribution in [0.2, 0.25) is 5.02 Å². The van der Waals surface area contributed by atoms with Crippen LogP contribution in [-0.2, 0) is 19.6 Å². The van der Waals surface area contributed by atoms with Gasteiger partial charge >= 0.3 is 5.97 Å². The lowest BCUT2D eigenvalue weighted by Crippen LogP contribution is -2.41. The Balaban J connectivity index is 2.41. The van der Waals surface area contributed by atoms with Gasteiger partial charge in [-0.05, 0) is 31.0 Å². The minimum Gasteiger partial charge on any atom is -0.468 e. The summed E-state index contributed by atoms with van der Waals surface area (Å²) in [5, 5.41) is -0.208. The van der Waals surface area contributed by atoms with Crippen molar-refractivity contribution in [3.8, 4) is 0 Å². The molecule has 0 N–H and O–H groups in total. The summed E-state index contributed by atoms with van der Waals surface area (Å²) in [4.78, 5) is 11.4. The predicted octanol–water partition coefficient (Wildman–Crippen LogP) is 1.81. The average molecular weight is 322 g/mol. The van der Waals surface area contributed by atoms with Crippen LogP contribution in [0.25, 0.3) is 0 Å². The molecule has 0 radical (unpaired) electrons. The number of methoxy groups -OCH3 is 1. The van der Waals surface area contributed by atoms with Gasteiger partial charge in [0.05, 0.1) is 12.1 Å². The molecule has 1 atom stereocenters. The van der Waals surface area contributed by atoms with Crippen molar-refractivity contribution in [2.24, 2.45) is 0 Å². The van der Waals surface area contributed by atoms with Crippen molar-refractivity contribution in [2.75, 3.05) is 13.7 Å². The molecule has 1 aliphatic heterocycles. The molecule has 1 saturated heterocycles. The van der Waals surface area contributed by atoms with Crippen molar-refractivity contribution in [3.63, 3.8) is 0 Å². The number of carbonyl (C=O) groups is 1. The Morgan fingerprint density at radius 2 is 2.20 bits per heavy atom. The Morgan fingerprint density at radius 1 is 1.50 bits per heavy atom. The minimum atomic E-state index is -3.96. The second-order valence-electron chi connectivity index (χ2n) is 4.37. The number of ether oxygens (including phenoxy) is 1. The highest BCUT2D eigenvalue weighted by atomic mass is 35.5. The maximum Gasteiger partial charge on any atom is 0.324 e. The quantitative estimate of drug-likeness (QED) is 0.796. The van der Waals surface area contributed by atoms with Crippen molar-refractivity contribution in [3.05, 3.63) is 29.0 Å². The van der Waals surface area contributed by atoms with Crippen molar-refractivity contribution in [1.82, 2.24) is 4.31 Å². The van der Waals surface area contributed by atoms with E-state index >= 15 is 0 Å². The second-order valence-corrected chi connectivity index (χ2v) is 6.64. The van der Waals surface area contributed by atoms with E-state index in [1.165, 1.54) is 7.11 Å². The Kier molecular flexibility index (Phi) is 4.31. The van der Waals surface area contributed by atoms with E-state index in [4.69, 9.17) is 11.6 Å². The maximum absolute atomic E-state index is 13.0. The zero-order valence-electron chi connectivity index (χ0n) is 10.7. The number of esters is 1. The third kappa shape index (κ3) is 2.65. The van der Waals surface area contributed by atoms with Gasteiger partial charge in [-0.1, -0.05) is 11.6 Å². The summed E-state index contributed by atoms with van der Waals surface area (Å²) in [6.45, 7) is 0.204. The molecular weight excluding hydrogens is 309 g/mol. The predicted molar refractivity (Wildman–Crippen MR) is 70.3 cm³/mol. The lowest BCUT2D eigenvalue weighted by molar-refractivity contribution is -0.144. The molecule has 0 saturated carbocycles. The Bertz CT molecular complexity index is 634. The van der Waals surface area contributed by atoms with Crippen LogP contribution in [0.5, 0.6) is 0 Å². The Morgan fingerprint density at radius 3 is 2.80 bits per heavy atom. The molecule has 0 unspecified atom stereocenters. The van der Waals surface area contributed by atoms with Crippen LogP contribution in [0, 0.1) is 5.82 Å². The maximum atomic E-state index is 13.0. The number of rotatable bonds is 3. The molecule has 110 valence electrons. The zero-order chi connectivity index (χ0) is 14.9. The van der Waals surface area contributed by atoms with E-state index < -0.39 is 27.9 Å². The molecule has 20 heavy (non-hydrogen) atoms. The van der Waals surface area contributed by atoms with Gasteiger partial charge in [0.2, 0.25) is 10.0 Å². The van der Waals surface area contributed by atoms with Gasteiger partial charge in [0.25, 0.3) is 0 Å². The van der Waals surface area contributed by atoms with Gasteiger partial charge in [-0.25, -0.2) is 12.8 Å². The molecular formula is C12H13ClFNO4S. The van der Waals surface area contributed by atoms with Crippen molar-refractivity contribution >= 4 is 27.6 Å². The van der Waals surface area contributed by atoms with E-state index in [9.17, 15) is 17.6 Å². The number of nitrogens with zero attached hydrogens (tertiary/aromatic N) is 1. The average Bonchev–Trinajstić information content (AvgIpc) is 2.87. The fraction of sp³-hybridized carbons (Fsp3) is 0.417. The SMILES string of the molecule is COC(=O)[C@@H]1CCCN1S(=O)(=O)c1ccc(F)cc1Cl. The normalized spacial score (nSPS) is 20.1. The zero-order valence-corrected chi connectivity index (χ0v) is 12.2. The Hall–Kier alpha value is -1.18. The summed E-state index contributed by atoms with van der Waals surface area (Å²) in [7, 11) is -2.75. The standard InChI is InChI=1S/C12H13ClFNO4S/c1-19-12(16)10-3-2-6-15(10)20(17,18)11-5-4-8(14)7-9(11)13/h4-5,7,10H,2-3,6H2,1H3/t10-/m0/s1. The number of sulfonamides is 1.